The Balaban J connectivity index is 2.14. The van der Waals surface area contributed by atoms with Crippen molar-refractivity contribution in [3.8, 4) is 11.4 Å². The zero-order chi connectivity index (χ0) is 11.8. The van der Waals surface area contributed by atoms with Gasteiger partial charge in [-0.1, -0.05) is 29.8 Å². The van der Waals surface area contributed by atoms with Crippen molar-refractivity contribution < 1.29 is 0 Å². The number of hydrogen-bond donors (Lipinski definition) is 2. The van der Waals surface area contributed by atoms with E-state index in [2.05, 4.69) is 34.0 Å². The van der Waals surface area contributed by atoms with E-state index in [-0.39, 0.29) is 0 Å². The monoisotopic (exact) mass is 224 g/mol. The summed E-state index contributed by atoms with van der Waals surface area (Å²) in [5.74, 6) is 1.30. The number of aryl methyl sites for hydroxylation is 1. The van der Waals surface area contributed by atoms with E-state index >= 15 is 0 Å². The van der Waals surface area contributed by atoms with E-state index in [1.54, 1.807) is 6.07 Å². The van der Waals surface area contributed by atoms with Crippen LogP contribution in [0.25, 0.3) is 22.6 Å². The van der Waals surface area contributed by atoms with Gasteiger partial charge in [0, 0.05) is 5.56 Å². The average molecular weight is 224 g/mol. The Morgan fingerprint density at radius 2 is 1.76 bits per heavy atom. The molecule has 4 nitrogen and oxygen atoms in total. The van der Waals surface area contributed by atoms with Crippen LogP contribution in [0.3, 0.4) is 0 Å². The van der Waals surface area contributed by atoms with Crippen LogP contribution in [0.2, 0.25) is 0 Å². The maximum Gasteiger partial charge on any atom is 0.180 e. The van der Waals surface area contributed by atoms with Gasteiger partial charge in [-0.25, -0.2) is 9.97 Å². The van der Waals surface area contributed by atoms with Crippen LogP contribution in [0.1, 0.15) is 5.56 Å². The standard InChI is InChI=1S/C13H12N4/c1-8-2-4-9(5-3-8)12-15-10-6-7-11(14)16-13(10)17-12/h2-7H,1H3,(H3,14,15,16,17). The molecule has 0 aliphatic rings. The number of aromatic nitrogens is 3. The molecule has 17 heavy (non-hydrogen) atoms. The van der Waals surface area contributed by atoms with Crippen molar-refractivity contribution in [3.63, 3.8) is 0 Å². The van der Waals surface area contributed by atoms with Crippen molar-refractivity contribution in [1.29, 1.82) is 0 Å². The maximum absolute atomic E-state index is 5.63. The van der Waals surface area contributed by atoms with Crippen LogP contribution >= 0.6 is 0 Å². The molecular formula is C13H12N4. The molecule has 84 valence electrons. The highest BCUT2D eigenvalue weighted by Gasteiger charge is 2.05. The third-order valence-electron chi connectivity index (χ3n) is 2.69. The van der Waals surface area contributed by atoms with Crippen molar-refractivity contribution >= 4 is 17.0 Å². The smallest absolute Gasteiger partial charge is 0.180 e. The van der Waals surface area contributed by atoms with Gasteiger partial charge in [0.1, 0.15) is 11.6 Å². The molecule has 0 radical (unpaired) electrons. The number of nitrogens with zero attached hydrogens (tertiary/aromatic N) is 2. The van der Waals surface area contributed by atoms with Crippen molar-refractivity contribution in [2.75, 3.05) is 5.73 Å². The predicted octanol–water partition coefficient (Wildman–Crippen LogP) is 2.52. The molecule has 3 N–H and O–H groups in total. The molecule has 0 atom stereocenters. The fourth-order valence-corrected chi connectivity index (χ4v) is 1.76. The molecule has 0 saturated carbocycles. The number of fused-ring (bicyclic) bond motifs is 1. The molecule has 0 spiro atoms. The lowest BCUT2D eigenvalue weighted by Gasteiger charge is -1.96. The molecule has 0 amide bonds. The zero-order valence-corrected chi connectivity index (χ0v) is 9.44. The number of nitrogens with one attached hydrogen (secondary N) is 1. The van der Waals surface area contributed by atoms with E-state index < -0.39 is 0 Å². The lowest BCUT2D eigenvalue weighted by molar-refractivity contribution is 1.30. The summed E-state index contributed by atoms with van der Waals surface area (Å²) in [6, 6.07) is 11.9. The zero-order valence-electron chi connectivity index (χ0n) is 9.44. The number of anilines is 1. The van der Waals surface area contributed by atoms with Crippen LogP contribution in [0.15, 0.2) is 36.4 Å². The average Bonchev–Trinajstić information content (AvgIpc) is 2.72. The highest BCUT2D eigenvalue weighted by Crippen LogP contribution is 2.20. The van der Waals surface area contributed by atoms with E-state index in [1.807, 2.05) is 18.2 Å². The second kappa shape index (κ2) is 3.59. The molecule has 2 heterocycles. The second-order valence-corrected chi connectivity index (χ2v) is 4.06. The third kappa shape index (κ3) is 1.73. The first-order valence-electron chi connectivity index (χ1n) is 5.42. The van der Waals surface area contributed by atoms with Gasteiger partial charge in [0.15, 0.2) is 5.65 Å². The Morgan fingerprint density at radius 3 is 2.53 bits per heavy atom. The number of pyridine rings is 1. The number of rotatable bonds is 1. The molecule has 3 aromatic rings. The highest BCUT2D eigenvalue weighted by atomic mass is 15.0. The van der Waals surface area contributed by atoms with Gasteiger partial charge in [0.2, 0.25) is 0 Å². The quantitative estimate of drug-likeness (QED) is 0.667. The number of nitrogen functional groups attached to an aromatic ring is 1. The predicted molar refractivity (Wildman–Crippen MR) is 68.5 cm³/mol. The molecule has 0 aliphatic heterocycles. The Bertz CT molecular complexity index is 667. The first kappa shape index (κ1) is 9.84. The molecular weight excluding hydrogens is 212 g/mol. The SMILES string of the molecule is Cc1ccc(-c2nc3nc(N)ccc3[nH]2)cc1. The highest BCUT2D eigenvalue weighted by molar-refractivity contribution is 5.77. The van der Waals surface area contributed by atoms with Crippen LogP contribution in [0.4, 0.5) is 5.82 Å². The van der Waals surface area contributed by atoms with Crippen LogP contribution in [0.5, 0.6) is 0 Å². The summed E-state index contributed by atoms with van der Waals surface area (Å²) in [5, 5.41) is 0. The molecule has 2 aromatic heterocycles. The van der Waals surface area contributed by atoms with Gasteiger partial charge in [-0.15, -0.1) is 0 Å². The summed E-state index contributed by atoms with van der Waals surface area (Å²) >= 11 is 0. The van der Waals surface area contributed by atoms with E-state index in [1.165, 1.54) is 5.56 Å². The van der Waals surface area contributed by atoms with Crippen molar-refractivity contribution in [3.05, 3.63) is 42.0 Å². The van der Waals surface area contributed by atoms with Crippen molar-refractivity contribution in [2.45, 2.75) is 6.92 Å². The topological polar surface area (TPSA) is 67.6 Å². The maximum atomic E-state index is 5.63. The summed E-state index contributed by atoms with van der Waals surface area (Å²) in [6.45, 7) is 2.06. The Labute approximate surface area is 98.5 Å². The van der Waals surface area contributed by atoms with Gasteiger partial charge in [-0.05, 0) is 19.1 Å². The van der Waals surface area contributed by atoms with Gasteiger partial charge in [0.05, 0.1) is 5.52 Å². The molecule has 4 heteroatoms. The second-order valence-electron chi connectivity index (χ2n) is 4.06. The molecule has 0 aliphatic carbocycles. The van der Waals surface area contributed by atoms with Crippen LogP contribution in [-0.2, 0) is 0 Å². The minimum Gasteiger partial charge on any atom is -0.384 e. The van der Waals surface area contributed by atoms with E-state index in [4.69, 9.17) is 5.73 Å². The Hall–Kier alpha value is -2.36. The van der Waals surface area contributed by atoms with Crippen molar-refractivity contribution in [1.82, 2.24) is 15.0 Å². The lowest BCUT2D eigenvalue weighted by Crippen LogP contribution is -1.88. The fourth-order valence-electron chi connectivity index (χ4n) is 1.76. The molecule has 3 rings (SSSR count). The van der Waals surface area contributed by atoms with E-state index in [0.717, 1.165) is 16.9 Å². The third-order valence-corrected chi connectivity index (χ3v) is 2.69. The Morgan fingerprint density at radius 1 is 1.00 bits per heavy atom. The van der Waals surface area contributed by atoms with Crippen molar-refractivity contribution in [2.24, 2.45) is 0 Å². The number of H-pyrrole nitrogens is 1. The normalized spacial score (nSPS) is 10.9. The first-order chi connectivity index (χ1) is 8.22. The van der Waals surface area contributed by atoms with Gasteiger partial charge < -0.3 is 10.7 Å². The summed E-state index contributed by atoms with van der Waals surface area (Å²) in [6.07, 6.45) is 0. The summed E-state index contributed by atoms with van der Waals surface area (Å²) < 4.78 is 0. The van der Waals surface area contributed by atoms with Gasteiger partial charge in [-0.3, -0.25) is 0 Å². The number of imidazole rings is 1. The van der Waals surface area contributed by atoms with Gasteiger partial charge >= 0.3 is 0 Å². The van der Waals surface area contributed by atoms with Gasteiger partial charge in [-0.2, -0.15) is 0 Å². The van der Waals surface area contributed by atoms with Gasteiger partial charge in [0.25, 0.3) is 0 Å². The minimum atomic E-state index is 0.486. The summed E-state index contributed by atoms with van der Waals surface area (Å²) in [4.78, 5) is 11.8. The molecule has 1 aromatic carbocycles. The van der Waals surface area contributed by atoms with E-state index in [9.17, 15) is 0 Å². The Kier molecular flexibility index (Phi) is 2.08. The number of benzene rings is 1. The number of nitrogens with two attached hydrogens (primary N) is 1. The fraction of sp³-hybridized carbons (Fsp3) is 0.0769. The van der Waals surface area contributed by atoms with Crippen LogP contribution in [-0.4, -0.2) is 15.0 Å². The number of hydrogen-bond acceptors (Lipinski definition) is 3. The van der Waals surface area contributed by atoms with Crippen LogP contribution in [0, 0.1) is 6.92 Å². The van der Waals surface area contributed by atoms with E-state index in [0.29, 0.717) is 11.5 Å². The summed E-state index contributed by atoms with van der Waals surface area (Å²) in [7, 11) is 0. The molecule has 0 bridgehead atoms. The summed E-state index contributed by atoms with van der Waals surface area (Å²) in [5.41, 5.74) is 9.46. The molecule has 0 saturated heterocycles. The molecule has 0 fully saturated rings. The largest absolute Gasteiger partial charge is 0.384 e. The first-order valence-corrected chi connectivity index (χ1v) is 5.42. The number of aromatic amines is 1. The van der Waals surface area contributed by atoms with Crippen LogP contribution < -0.4 is 5.73 Å². The minimum absolute atomic E-state index is 0.486. The lowest BCUT2D eigenvalue weighted by atomic mass is 10.1. The molecule has 0 unspecified atom stereocenters.